The quantitative estimate of drug-likeness (QED) is 0.0946. The molecule has 0 radical (unpaired) electrons. The Kier molecular flexibility index (Phi) is 12.4. The molecule has 3 aromatic carbocycles. The predicted octanol–water partition coefficient (Wildman–Crippen LogP) is 8.98. The molecule has 9 rings (SSSR count). The van der Waals surface area contributed by atoms with E-state index in [1.54, 1.807) is 6.20 Å². The van der Waals surface area contributed by atoms with Crippen LogP contribution in [-0.2, 0) is 14.3 Å². The number of ether oxygens (including phenoxy) is 4. The highest BCUT2D eigenvalue weighted by Gasteiger charge is 2.39. The number of H-pyrrole nitrogens is 2. The van der Waals surface area contributed by atoms with E-state index in [1.807, 2.05) is 49.2 Å². The Morgan fingerprint density at radius 1 is 0.742 bits per heavy atom. The van der Waals surface area contributed by atoms with Gasteiger partial charge in [-0.2, -0.15) is 0 Å². The monoisotopic (exact) mass is 894 g/mol. The Morgan fingerprint density at radius 3 is 1.91 bits per heavy atom. The summed E-state index contributed by atoms with van der Waals surface area (Å²) in [6.45, 7) is 14.1. The van der Waals surface area contributed by atoms with Crippen molar-refractivity contribution < 1.29 is 33.3 Å². The van der Waals surface area contributed by atoms with Crippen molar-refractivity contribution in [2.75, 3.05) is 33.9 Å². The molecule has 0 bridgehead atoms. The second-order valence-corrected chi connectivity index (χ2v) is 18.1. The molecule has 2 fully saturated rings. The van der Waals surface area contributed by atoms with Crippen LogP contribution in [0.15, 0.2) is 91.4 Å². The number of amides is 3. The number of imidazole rings is 2. The first kappa shape index (κ1) is 44.2. The van der Waals surface area contributed by atoms with Gasteiger partial charge in [0.1, 0.15) is 41.9 Å². The second-order valence-electron chi connectivity index (χ2n) is 18.1. The number of benzene rings is 3. The molecule has 4 aliphatic rings. The fraction of sp³-hybridized carbons (Fsp3) is 0.392. The van der Waals surface area contributed by atoms with Crippen molar-refractivity contribution in [2.24, 2.45) is 11.8 Å². The molecule has 1 unspecified atom stereocenters. The number of nitrogens with one attached hydrogen (secondary N) is 4. The van der Waals surface area contributed by atoms with Crippen LogP contribution < -0.4 is 20.1 Å². The van der Waals surface area contributed by atoms with Gasteiger partial charge in [-0.25, -0.2) is 19.6 Å². The van der Waals surface area contributed by atoms with Crippen LogP contribution in [-0.4, -0.2) is 93.8 Å². The number of carbonyl (C=O) groups excluding carboxylic acids is 3. The number of aromatic nitrogens is 4. The molecule has 2 aromatic heterocycles. The summed E-state index contributed by atoms with van der Waals surface area (Å²) in [6.07, 6.45) is 5.64. The van der Waals surface area contributed by atoms with E-state index in [0.717, 1.165) is 106 Å². The summed E-state index contributed by atoms with van der Waals surface area (Å²) >= 11 is 0. The van der Waals surface area contributed by atoms with Gasteiger partial charge in [0, 0.05) is 52.2 Å². The lowest BCUT2D eigenvalue weighted by Gasteiger charge is -2.35. The first-order valence-corrected chi connectivity index (χ1v) is 22.9. The van der Waals surface area contributed by atoms with Gasteiger partial charge in [-0.3, -0.25) is 4.79 Å². The third-order valence-corrected chi connectivity index (χ3v) is 13.4. The predicted molar refractivity (Wildman–Crippen MR) is 250 cm³/mol. The standard InChI is InChI=1S/C51H58N8O7/c1-28(2)44(56-50(61)63-6)30(5)58-21-11-15-39(58)47-52-26-38(54-47)33-17-19-34-36-27-65-41-23-32(18-20-35(41)43(36)46(66-42(34)24-33)31-13-9-8-10-14-31)37-25-53-48(55-37)40-16-12-22-59(40)49(60)45(29(3)4)57-51(62)64-7/h8-10,13-14,17-20,23-26,28-29,39-40,44-46H,5,11-12,15-16,21-22,27H2,1-4,6-7H3,(H,52,54)(H,53,55)(H,56,61)(H,57,62)/t39-,40-,44-,45-,46?/m0/s1. The maximum atomic E-state index is 13.8. The smallest absolute Gasteiger partial charge is 0.407 e. The molecule has 4 aliphatic heterocycles. The fourth-order valence-corrected chi connectivity index (χ4v) is 9.92. The highest BCUT2D eigenvalue weighted by molar-refractivity contribution is 6.00. The van der Waals surface area contributed by atoms with Crippen molar-refractivity contribution in [1.82, 2.24) is 40.4 Å². The Hall–Kier alpha value is -7.03. The molecule has 15 nitrogen and oxygen atoms in total. The van der Waals surface area contributed by atoms with Gasteiger partial charge in [-0.05, 0) is 55.2 Å². The number of carbonyl (C=O) groups is 3. The summed E-state index contributed by atoms with van der Waals surface area (Å²) in [6, 6.07) is 21.5. The average molecular weight is 895 g/mol. The van der Waals surface area contributed by atoms with E-state index in [2.05, 4.69) is 88.4 Å². The van der Waals surface area contributed by atoms with Crippen LogP contribution in [0.1, 0.15) is 99.9 Å². The highest BCUT2D eigenvalue weighted by Crippen LogP contribution is 2.52. The van der Waals surface area contributed by atoms with Crippen molar-refractivity contribution in [2.45, 2.75) is 83.6 Å². The normalized spacial score (nSPS) is 19.6. The number of methoxy groups -OCH3 is 2. The largest absolute Gasteiger partial charge is 0.488 e. The van der Waals surface area contributed by atoms with Crippen LogP contribution >= 0.6 is 0 Å². The number of hydrogen-bond acceptors (Lipinski definition) is 10. The van der Waals surface area contributed by atoms with Crippen LogP contribution in [0, 0.1) is 11.8 Å². The van der Waals surface area contributed by atoms with Gasteiger partial charge in [0.25, 0.3) is 0 Å². The first-order valence-electron chi connectivity index (χ1n) is 22.9. The van der Waals surface area contributed by atoms with Gasteiger partial charge < -0.3 is 49.3 Å². The van der Waals surface area contributed by atoms with Crippen LogP contribution in [0.2, 0.25) is 0 Å². The van der Waals surface area contributed by atoms with Crippen LogP contribution in [0.4, 0.5) is 9.59 Å². The number of fused-ring (bicyclic) bond motifs is 4. The van der Waals surface area contributed by atoms with Gasteiger partial charge >= 0.3 is 12.2 Å². The van der Waals surface area contributed by atoms with Crippen LogP contribution in [0.25, 0.3) is 33.7 Å². The van der Waals surface area contributed by atoms with E-state index in [-0.39, 0.29) is 35.9 Å². The summed E-state index contributed by atoms with van der Waals surface area (Å²) in [5, 5.41) is 5.68. The molecule has 0 aliphatic carbocycles. The Labute approximate surface area is 385 Å². The Balaban J connectivity index is 0.982. The van der Waals surface area contributed by atoms with Crippen molar-refractivity contribution in [3.63, 3.8) is 0 Å². The number of likely N-dealkylation sites (tertiary alicyclic amines) is 2. The minimum Gasteiger partial charge on any atom is -0.488 e. The lowest BCUT2D eigenvalue weighted by Crippen LogP contribution is -2.51. The number of alkyl carbamates (subject to hydrolysis) is 2. The third kappa shape index (κ3) is 8.38. The molecule has 344 valence electrons. The minimum absolute atomic E-state index is 0.0135. The van der Waals surface area contributed by atoms with E-state index in [9.17, 15) is 14.4 Å². The maximum absolute atomic E-state index is 13.8. The molecule has 66 heavy (non-hydrogen) atoms. The van der Waals surface area contributed by atoms with Gasteiger partial charge in [-0.15, -0.1) is 0 Å². The number of nitrogens with zero attached hydrogens (tertiary/aromatic N) is 4. The second kappa shape index (κ2) is 18.5. The molecular formula is C51H58N8O7. The third-order valence-electron chi connectivity index (χ3n) is 13.4. The zero-order valence-electron chi connectivity index (χ0n) is 38.4. The van der Waals surface area contributed by atoms with Crippen molar-refractivity contribution in [3.05, 3.63) is 120 Å². The van der Waals surface area contributed by atoms with Gasteiger partial charge in [0.05, 0.1) is 56.1 Å². The molecule has 4 N–H and O–H groups in total. The van der Waals surface area contributed by atoms with Crippen LogP contribution in [0.5, 0.6) is 11.5 Å². The van der Waals surface area contributed by atoms with Crippen molar-refractivity contribution in [1.29, 1.82) is 0 Å². The van der Waals surface area contributed by atoms with Crippen LogP contribution in [0.3, 0.4) is 0 Å². The Bertz CT molecular complexity index is 2670. The summed E-state index contributed by atoms with van der Waals surface area (Å²) in [5.41, 5.74) is 9.46. The van der Waals surface area contributed by atoms with E-state index >= 15 is 0 Å². The number of rotatable bonds is 12. The molecule has 3 amide bonds. The topological polar surface area (TPSA) is 176 Å². The fourth-order valence-electron chi connectivity index (χ4n) is 9.92. The summed E-state index contributed by atoms with van der Waals surface area (Å²) < 4.78 is 23.3. The Morgan fingerprint density at radius 2 is 1.30 bits per heavy atom. The van der Waals surface area contributed by atoms with E-state index in [4.69, 9.17) is 28.9 Å². The van der Waals surface area contributed by atoms with Crippen molar-refractivity contribution >= 4 is 29.2 Å². The minimum atomic E-state index is -0.712. The lowest BCUT2D eigenvalue weighted by molar-refractivity contribution is -0.135. The molecule has 5 atom stereocenters. The lowest BCUT2D eigenvalue weighted by atomic mass is 9.83. The van der Waals surface area contributed by atoms with E-state index in [1.165, 1.54) is 14.2 Å². The first-order chi connectivity index (χ1) is 31.9. The van der Waals surface area contributed by atoms with Crippen molar-refractivity contribution in [3.8, 4) is 34.0 Å². The van der Waals surface area contributed by atoms with Gasteiger partial charge in [0.2, 0.25) is 5.91 Å². The number of aromatic amines is 2. The maximum Gasteiger partial charge on any atom is 0.407 e. The molecule has 2 saturated heterocycles. The summed E-state index contributed by atoms with van der Waals surface area (Å²) in [4.78, 5) is 58.9. The van der Waals surface area contributed by atoms with Gasteiger partial charge in [-0.1, -0.05) is 88.9 Å². The average Bonchev–Trinajstić information content (AvgIpc) is 4.19. The summed E-state index contributed by atoms with van der Waals surface area (Å²) in [5.74, 6) is 2.88. The SMILES string of the molecule is C=C([C@@H](NC(=O)OC)C(C)C)N1CCC[C@H]1c1ncc(-c2ccc3c(c2)OC(c2ccccc2)C2=C3COc3cc(-c4cnc([C@@H]5CCCN5C(=O)[C@@H](NC(=O)OC)C(C)C)[nH]4)ccc32)[nH]1. The zero-order valence-corrected chi connectivity index (χ0v) is 38.4. The molecular weight excluding hydrogens is 837 g/mol. The molecule has 6 heterocycles. The molecule has 15 heteroatoms. The summed E-state index contributed by atoms with van der Waals surface area (Å²) in [7, 11) is 2.66. The number of hydrogen-bond donors (Lipinski definition) is 4. The molecule has 0 spiro atoms. The zero-order chi connectivity index (χ0) is 46.2. The highest BCUT2D eigenvalue weighted by atomic mass is 16.5. The molecule has 5 aromatic rings. The van der Waals surface area contributed by atoms with E-state index < -0.39 is 24.3 Å². The van der Waals surface area contributed by atoms with E-state index in [0.29, 0.717) is 19.0 Å². The molecule has 0 saturated carbocycles. The van der Waals surface area contributed by atoms with Gasteiger partial charge in [0.15, 0.2) is 0 Å².